The smallest absolute Gasteiger partial charge is 0.252 e. The Hall–Kier alpha value is -3.19. The van der Waals surface area contributed by atoms with Crippen molar-refractivity contribution < 1.29 is 14.3 Å². The van der Waals surface area contributed by atoms with Gasteiger partial charge < -0.3 is 10.1 Å². The van der Waals surface area contributed by atoms with Crippen LogP contribution >= 0.6 is 15.9 Å². The highest BCUT2D eigenvalue weighted by molar-refractivity contribution is 9.10. The van der Waals surface area contributed by atoms with Crippen molar-refractivity contribution in [2.45, 2.75) is 13.8 Å². The summed E-state index contributed by atoms with van der Waals surface area (Å²) in [5.41, 5.74) is 3.88. The highest BCUT2D eigenvalue weighted by atomic mass is 79.9. The molecule has 1 unspecified atom stereocenters. The molecule has 0 fully saturated rings. The van der Waals surface area contributed by atoms with Crippen LogP contribution in [0.15, 0.2) is 70.2 Å². The van der Waals surface area contributed by atoms with Crippen LogP contribution < -0.4 is 15.5 Å². The number of carbonyl (C=O) groups excluding carboxylic acids is 2. The number of ether oxygens (including phenoxy) is 1. The Morgan fingerprint density at radius 3 is 2.47 bits per heavy atom. The Bertz CT molecular complexity index is 1100. The highest BCUT2D eigenvalue weighted by Gasteiger charge is 2.21. The summed E-state index contributed by atoms with van der Waals surface area (Å²) in [4.78, 5) is 24.7. The highest BCUT2D eigenvalue weighted by Crippen LogP contribution is 2.28. The van der Waals surface area contributed by atoms with E-state index in [1.165, 1.54) is 6.92 Å². The number of benzene rings is 3. The second kappa shape index (κ2) is 10.0. The SMILES string of the molecule is CCOc1ccc(C=NNC(=O)C(C)C(=O)Nc2ccccc2Br)c2ccccc12. The van der Waals surface area contributed by atoms with E-state index in [2.05, 4.69) is 31.8 Å². The van der Waals surface area contributed by atoms with Gasteiger partial charge in [-0.25, -0.2) is 5.43 Å². The van der Waals surface area contributed by atoms with Crippen molar-refractivity contribution >= 4 is 50.4 Å². The van der Waals surface area contributed by atoms with Gasteiger partial charge >= 0.3 is 0 Å². The number of rotatable bonds is 7. The van der Waals surface area contributed by atoms with Crippen molar-refractivity contribution in [2.24, 2.45) is 11.0 Å². The van der Waals surface area contributed by atoms with Crippen LogP contribution in [0.5, 0.6) is 5.75 Å². The summed E-state index contributed by atoms with van der Waals surface area (Å²) < 4.78 is 6.41. The van der Waals surface area contributed by atoms with Gasteiger partial charge in [0.2, 0.25) is 5.91 Å². The third-order valence-corrected chi connectivity index (χ3v) is 5.21. The average molecular weight is 468 g/mol. The Morgan fingerprint density at radius 2 is 1.73 bits per heavy atom. The molecule has 3 aromatic carbocycles. The van der Waals surface area contributed by atoms with Gasteiger partial charge in [0.05, 0.1) is 18.5 Å². The fourth-order valence-electron chi connectivity index (χ4n) is 2.87. The first-order valence-corrected chi connectivity index (χ1v) is 10.3. The van der Waals surface area contributed by atoms with E-state index in [0.717, 1.165) is 26.6 Å². The van der Waals surface area contributed by atoms with Gasteiger partial charge in [0.1, 0.15) is 11.7 Å². The molecule has 3 rings (SSSR count). The van der Waals surface area contributed by atoms with Crippen LogP contribution in [0.4, 0.5) is 5.69 Å². The lowest BCUT2D eigenvalue weighted by Crippen LogP contribution is -2.34. The van der Waals surface area contributed by atoms with E-state index < -0.39 is 17.7 Å². The van der Waals surface area contributed by atoms with Crippen molar-refractivity contribution in [2.75, 3.05) is 11.9 Å². The monoisotopic (exact) mass is 467 g/mol. The first-order chi connectivity index (χ1) is 14.5. The van der Waals surface area contributed by atoms with Gasteiger partial charge in [0.25, 0.3) is 5.91 Å². The first-order valence-electron chi connectivity index (χ1n) is 9.54. The Labute approximate surface area is 183 Å². The number of halogens is 1. The Kier molecular flexibility index (Phi) is 7.19. The quantitative estimate of drug-likeness (QED) is 0.299. The molecule has 0 aromatic heterocycles. The number of carbonyl (C=O) groups is 2. The van der Waals surface area contributed by atoms with Crippen molar-refractivity contribution in [1.29, 1.82) is 0 Å². The summed E-state index contributed by atoms with van der Waals surface area (Å²) in [6, 6.07) is 18.8. The number of amides is 2. The lowest BCUT2D eigenvalue weighted by atomic mass is 10.0. The van der Waals surface area contributed by atoms with E-state index >= 15 is 0 Å². The van der Waals surface area contributed by atoms with E-state index in [9.17, 15) is 9.59 Å². The van der Waals surface area contributed by atoms with Gasteiger partial charge in [-0.1, -0.05) is 36.4 Å². The number of hydrogen-bond donors (Lipinski definition) is 2. The molecule has 6 nitrogen and oxygen atoms in total. The van der Waals surface area contributed by atoms with Crippen molar-refractivity contribution in [1.82, 2.24) is 5.43 Å². The second-order valence-corrected chi connectivity index (χ2v) is 7.41. The first kappa shape index (κ1) is 21.5. The molecule has 0 aliphatic rings. The Balaban J connectivity index is 1.67. The fourth-order valence-corrected chi connectivity index (χ4v) is 3.26. The van der Waals surface area contributed by atoms with Crippen LogP contribution in [0.1, 0.15) is 19.4 Å². The predicted octanol–water partition coefficient (Wildman–Crippen LogP) is 4.73. The van der Waals surface area contributed by atoms with Gasteiger partial charge in [0, 0.05) is 15.4 Å². The van der Waals surface area contributed by atoms with Gasteiger partial charge in [-0.05, 0) is 59.4 Å². The van der Waals surface area contributed by atoms with Gasteiger partial charge in [-0.2, -0.15) is 5.10 Å². The summed E-state index contributed by atoms with van der Waals surface area (Å²) in [5, 5.41) is 8.70. The minimum absolute atomic E-state index is 0.416. The number of nitrogens with zero attached hydrogens (tertiary/aromatic N) is 1. The van der Waals surface area contributed by atoms with Crippen LogP contribution in [-0.2, 0) is 9.59 Å². The summed E-state index contributed by atoms with van der Waals surface area (Å²) >= 11 is 3.37. The molecule has 2 N–H and O–H groups in total. The standard InChI is InChI=1S/C23H22BrN3O3/c1-3-30-21-13-12-16(17-8-4-5-9-18(17)21)14-25-27-23(29)15(2)22(28)26-20-11-7-6-10-19(20)24/h4-15H,3H2,1-2H3,(H,26,28)(H,27,29). The number of anilines is 1. The summed E-state index contributed by atoms with van der Waals surface area (Å²) in [6.45, 7) is 4.05. The van der Waals surface area contributed by atoms with Gasteiger partial charge in [-0.15, -0.1) is 0 Å². The molecule has 0 radical (unpaired) electrons. The van der Waals surface area contributed by atoms with E-state index in [0.29, 0.717) is 12.3 Å². The maximum absolute atomic E-state index is 12.4. The molecular formula is C23H22BrN3O3. The van der Waals surface area contributed by atoms with Crippen molar-refractivity contribution in [3.8, 4) is 5.75 Å². The van der Waals surface area contributed by atoms with E-state index in [4.69, 9.17) is 4.74 Å². The normalized spacial score (nSPS) is 12.0. The molecule has 0 aliphatic heterocycles. The molecule has 0 spiro atoms. The third kappa shape index (κ3) is 5.04. The van der Waals surface area contributed by atoms with Gasteiger partial charge in [0.15, 0.2) is 0 Å². The second-order valence-electron chi connectivity index (χ2n) is 6.56. The molecule has 7 heteroatoms. The van der Waals surface area contributed by atoms with Crippen molar-refractivity contribution in [3.05, 3.63) is 70.7 Å². The predicted molar refractivity (Wildman–Crippen MR) is 123 cm³/mol. The number of fused-ring (bicyclic) bond motifs is 1. The lowest BCUT2D eigenvalue weighted by molar-refractivity contribution is -0.131. The van der Waals surface area contributed by atoms with E-state index in [1.54, 1.807) is 18.3 Å². The van der Waals surface area contributed by atoms with Gasteiger partial charge in [-0.3, -0.25) is 9.59 Å². The molecular weight excluding hydrogens is 446 g/mol. The van der Waals surface area contributed by atoms with Crippen LogP contribution in [0.25, 0.3) is 10.8 Å². The molecule has 0 heterocycles. The minimum Gasteiger partial charge on any atom is -0.493 e. The Morgan fingerprint density at radius 1 is 1.03 bits per heavy atom. The summed E-state index contributed by atoms with van der Waals surface area (Å²) in [5.74, 6) is -1.02. The fraction of sp³-hybridized carbons (Fsp3) is 0.174. The van der Waals surface area contributed by atoms with Crippen molar-refractivity contribution in [3.63, 3.8) is 0 Å². The molecule has 0 saturated carbocycles. The largest absolute Gasteiger partial charge is 0.493 e. The molecule has 154 valence electrons. The molecule has 2 amide bonds. The third-order valence-electron chi connectivity index (χ3n) is 4.51. The zero-order valence-electron chi connectivity index (χ0n) is 16.7. The summed E-state index contributed by atoms with van der Waals surface area (Å²) in [6.07, 6.45) is 1.56. The molecule has 0 saturated heterocycles. The molecule has 3 aromatic rings. The number of nitrogens with one attached hydrogen (secondary N) is 2. The summed E-state index contributed by atoms with van der Waals surface area (Å²) in [7, 11) is 0. The zero-order valence-corrected chi connectivity index (χ0v) is 18.3. The van der Waals surface area contributed by atoms with Crippen LogP contribution in [0, 0.1) is 5.92 Å². The lowest BCUT2D eigenvalue weighted by Gasteiger charge is -2.12. The van der Waals surface area contributed by atoms with Crippen LogP contribution in [-0.4, -0.2) is 24.6 Å². The minimum atomic E-state index is -0.911. The zero-order chi connectivity index (χ0) is 21.5. The molecule has 0 aliphatic carbocycles. The number of hydrazone groups is 1. The maximum atomic E-state index is 12.4. The number of hydrogen-bond acceptors (Lipinski definition) is 4. The van der Waals surface area contributed by atoms with E-state index in [1.807, 2.05) is 55.5 Å². The average Bonchev–Trinajstić information content (AvgIpc) is 2.76. The number of para-hydroxylation sites is 1. The maximum Gasteiger partial charge on any atom is 0.252 e. The van der Waals surface area contributed by atoms with Crippen LogP contribution in [0.2, 0.25) is 0 Å². The van der Waals surface area contributed by atoms with E-state index in [-0.39, 0.29) is 0 Å². The molecule has 30 heavy (non-hydrogen) atoms. The molecule has 1 atom stereocenters. The molecule has 0 bridgehead atoms. The van der Waals surface area contributed by atoms with Crippen LogP contribution in [0.3, 0.4) is 0 Å². The topological polar surface area (TPSA) is 79.8 Å².